The quantitative estimate of drug-likeness (QED) is 0.173. The van der Waals surface area contributed by atoms with Crippen molar-refractivity contribution >= 4 is 98.0 Å². The fourth-order valence-corrected chi connectivity index (χ4v) is 12.3. The molecule has 338 valence electrons. The zero-order valence-corrected chi connectivity index (χ0v) is 39.5. The minimum absolute atomic E-state index is 0.388. The number of rotatable bonds is 5. The maximum atomic E-state index is 12.4. The topological polar surface area (TPSA) is 67.3 Å². The van der Waals surface area contributed by atoms with Gasteiger partial charge in [-0.3, -0.25) is 0 Å². The number of nitriles is 2. The zero-order valence-electron chi connectivity index (χ0n) is 39.5. The summed E-state index contributed by atoms with van der Waals surface area (Å²) in [6, 6.07) is 84.8. The molecular weight excluding hydrogens is 889 g/mol. The molecule has 0 bridgehead atoms. The number of aryl methyl sites for hydroxylation is 1. The van der Waals surface area contributed by atoms with E-state index in [1.807, 2.05) is 0 Å². The first-order chi connectivity index (χ1) is 36.1. The van der Waals surface area contributed by atoms with Crippen LogP contribution in [-0.4, -0.2) is 18.3 Å². The maximum Gasteiger partial charge on any atom is 0.104 e. The van der Waals surface area contributed by atoms with E-state index in [4.69, 9.17) is 0 Å². The predicted molar refractivity (Wildman–Crippen MR) is 301 cm³/mol. The third kappa shape index (κ3) is 5.61. The van der Waals surface area contributed by atoms with Gasteiger partial charge in [0.05, 0.1) is 61.2 Å². The molecule has 0 saturated carbocycles. The van der Waals surface area contributed by atoms with E-state index in [0.717, 1.165) is 120 Å². The molecule has 6 nitrogen and oxygen atoms in total. The van der Waals surface area contributed by atoms with Crippen LogP contribution >= 0.6 is 0 Å². The smallest absolute Gasteiger partial charge is 0.104 e. The lowest BCUT2D eigenvalue weighted by Crippen LogP contribution is -2.14. The normalized spacial score (nSPS) is 11.9. The largest absolute Gasteiger partial charge is 0.309 e. The average molecular weight is 929 g/mol. The molecule has 15 rings (SSSR count). The fourth-order valence-electron chi connectivity index (χ4n) is 12.3. The van der Waals surface area contributed by atoms with Gasteiger partial charge in [0.15, 0.2) is 0 Å². The minimum Gasteiger partial charge on any atom is -0.309 e. The Hall–Kier alpha value is -10.1. The van der Waals surface area contributed by atoms with E-state index in [0.29, 0.717) is 28.2 Å². The molecule has 0 atom stereocenters. The van der Waals surface area contributed by atoms with Crippen molar-refractivity contribution in [2.45, 2.75) is 6.92 Å². The molecule has 11 aromatic carbocycles. The molecule has 0 aliphatic carbocycles. The Kier molecular flexibility index (Phi) is 8.61. The van der Waals surface area contributed by atoms with Crippen LogP contribution in [0.15, 0.2) is 224 Å². The number of hydrogen-bond acceptors (Lipinski definition) is 2. The summed E-state index contributed by atoms with van der Waals surface area (Å²) in [7, 11) is 0. The van der Waals surface area contributed by atoms with Gasteiger partial charge < -0.3 is 18.3 Å². The first-order valence-electron chi connectivity index (χ1n) is 24.6. The van der Waals surface area contributed by atoms with Crippen molar-refractivity contribution in [3.05, 3.63) is 241 Å². The predicted octanol–water partition coefficient (Wildman–Crippen LogP) is 16.9. The van der Waals surface area contributed by atoms with E-state index < -0.39 is 0 Å². The summed E-state index contributed by atoms with van der Waals surface area (Å²) in [6.07, 6.45) is 0. The molecule has 0 fully saturated rings. The van der Waals surface area contributed by atoms with Crippen molar-refractivity contribution in [1.29, 1.82) is 10.5 Å². The summed E-state index contributed by atoms with van der Waals surface area (Å²) in [5.74, 6) is 0. The highest BCUT2D eigenvalue weighted by atomic mass is 15.1. The van der Waals surface area contributed by atoms with Gasteiger partial charge in [-0.1, -0.05) is 169 Å². The fraction of sp³-hybridized carbons (Fsp3) is 0.0149. The summed E-state index contributed by atoms with van der Waals surface area (Å²) in [4.78, 5) is 0. The van der Waals surface area contributed by atoms with Crippen molar-refractivity contribution in [2.24, 2.45) is 0 Å². The SMILES string of the molecule is Cc1ccc(-c2c(-n3c4ccccc4c4ccccc43)c(C#N)c(-n3c4cc5c(cc4c4c6ccccc6ccc43)c3ccccc3n5-c3ccccc3)c(C#N)c2-n2c3ccccc3c3ccccc32)cc1. The summed E-state index contributed by atoms with van der Waals surface area (Å²) in [6.45, 7) is 2.09. The second kappa shape index (κ2) is 15.4. The van der Waals surface area contributed by atoms with Crippen LogP contribution in [0.3, 0.4) is 0 Å². The van der Waals surface area contributed by atoms with Crippen molar-refractivity contribution < 1.29 is 0 Å². The van der Waals surface area contributed by atoms with Crippen LogP contribution in [0.1, 0.15) is 16.7 Å². The number of fused-ring (bicyclic) bond motifs is 14. The Labute approximate surface area is 418 Å². The number of hydrogen-bond donors (Lipinski definition) is 0. The van der Waals surface area contributed by atoms with Crippen LogP contribution < -0.4 is 0 Å². The second-order valence-corrected chi connectivity index (χ2v) is 19.1. The van der Waals surface area contributed by atoms with Crippen LogP contribution in [0.2, 0.25) is 0 Å². The number of aromatic nitrogens is 4. The monoisotopic (exact) mass is 928 g/mol. The lowest BCUT2D eigenvalue weighted by atomic mass is 9.91. The van der Waals surface area contributed by atoms with Crippen molar-refractivity contribution in [1.82, 2.24) is 18.3 Å². The highest BCUT2D eigenvalue weighted by Crippen LogP contribution is 2.50. The van der Waals surface area contributed by atoms with E-state index in [9.17, 15) is 10.5 Å². The number of nitrogens with zero attached hydrogens (tertiary/aromatic N) is 6. The van der Waals surface area contributed by atoms with Gasteiger partial charge in [0.2, 0.25) is 0 Å². The van der Waals surface area contributed by atoms with Crippen molar-refractivity contribution in [2.75, 3.05) is 0 Å². The maximum absolute atomic E-state index is 12.4. The van der Waals surface area contributed by atoms with Gasteiger partial charge in [0, 0.05) is 54.3 Å². The molecule has 0 aliphatic rings. The van der Waals surface area contributed by atoms with Gasteiger partial charge >= 0.3 is 0 Å². The van der Waals surface area contributed by atoms with Gasteiger partial charge in [0.25, 0.3) is 0 Å². The average Bonchev–Trinajstić information content (AvgIpc) is 4.22. The van der Waals surface area contributed by atoms with Gasteiger partial charge in [-0.2, -0.15) is 10.5 Å². The van der Waals surface area contributed by atoms with Gasteiger partial charge in [-0.25, -0.2) is 0 Å². The van der Waals surface area contributed by atoms with Crippen LogP contribution in [0.4, 0.5) is 0 Å². The van der Waals surface area contributed by atoms with Crippen LogP contribution in [0.5, 0.6) is 0 Å². The first-order valence-corrected chi connectivity index (χ1v) is 24.6. The van der Waals surface area contributed by atoms with E-state index in [-0.39, 0.29) is 0 Å². The number of para-hydroxylation sites is 6. The summed E-state index contributed by atoms with van der Waals surface area (Å²) < 4.78 is 9.16. The van der Waals surface area contributed by atoms with Gasteiger partial charge in [-0.05, 0) is 83.9 Å². The van der Waals surface area contributed by atoms with Crippen LogP contribution in [0.25, 0.3) is 132 Å². The molecule has 4 heterocycles. The van der Waals surface area contributed by atoms with Crippen LogP contribution in [0, 0.1) is 29.6 Å². The molecule has 0 spiro atoms. The molecule has 6 heteroatoms. The lowest BCUT2D eigenvalue weighted by molar-refractivity contribution is 1.08. The molecule has 0 saturated heterocycles. The summed E-state index contributed by atoms with van der Waals surface area (Å²) >= 11 is 0. The highest BCUT2D eigenvalue weighted by molar-refractivity contribution is 6.26. The van der Waals surface area contributed by atoms with Crippen molar-refractivity contribution in [3.63, 3.8) is 0 Å². The highest BCUT2D eigenvalue weighted by Gasteiger charge is 2.33. The minimum atomic E-state index is 0.388. The van der Waals surface area contributed by atoms with Crippen molar-refractivity contribution in [3.8, 4) is 46.0 Å². The third-order valence-corrected chi connectivity index (χ3v) is 15.3. The zero-order chi connectivity index (χ0) is 48.5. The molecule has 0 radical (unpaired) electrons. The Morgan fingerprint density at radius 2 is 0.740 bits per heavy atom. The van der Waals surface area contributed by atoms with E-state index in [1.54, 1.807) is 0 Å². The number of benzene rings is 11. The Balaban J connectivity index is 1.24. The van der Waals surface area contributed by atoms with E-state index in [2.05, 4.69) is 262 Å². The van der Waals surface area contributed by atoms with E-state index >= 15 is 0 Å². The Bertz CT molecular complexity index is 4670. The molecule has 4 aromatic heterocycles. The molecule has 15 aromatic rings. The molecule has 0 amide bonds. The lowest BCUT2D eigenvalue weighted by Gasteiger charge is -2.26. The molecule has 0 unspecified atom stereocenters. The van der Waals surface area contributed by atoms with E-state index in [1.165, 1.54) is 0 Å². The molecular formula is C67H40N6. The first kappa shape index (κ1) is 40.7. The summed E-state index contributed by atoms with van der Waals surface area (Å²) in [5.41, 5.74) is 14.2. The molecule has 73 heavy (non-hydrogen) atoms. The Morgan fingerprint density at radius 1 is 0.315 bits per heavy atom. The standard InChI is InChI=1S/C67H40N6/c1-41-31-33-43(34-32-41)63-66(71-56-27-13-7-21-46(56)47-22-8-14-28-57(47)71)53(39-68)65(54(40-69)67(63)72-58-29-15-9-23-48(58)49-24-10-16-30-59(49)72)73-60-36-35-42-17-5-6-20-45(42)64(60)52-37-51-50-25-11-12-26-55(50)70(61(51)38-62(52)73)44-18-3-2-4-19-44/h2-38H,1H3. The summed E-state index contributed by atoms with van der Waals surface area (Å²) in [5, 5.41) is 35.7. The van der Waals surface area contributed by atoms with Crippen LogP contribution in [-0.2, 0) is 0 Å². The van der Waals surface area contributed by atoms with Gasteiger partial charge in [0.1, 0.15) is 23.3 Å². The van der Waals surface area contributed by atoms with Gasteiger partial charge in [-0.15, -0.1) is 0 Å². The molecule has 0 aliphatic heterocycles. The Morgan fingerprint density at radius 3 is 1.26 bits per heavy atom. The third-order valence-electron chi connectivity index (χ3n) is 15.3. The molecule has 0 N–H and O–H groups in total. The second-order valence-electron chi connectivity index (χ2n) is 19.1.